The summed E-state index contributed by atoms with van der Waals surface area (Å²) < 4.78 is 24.3. The van der Waals surface area contributed by atoms with E-state index in [4.69, 9.17) is 18.9 Å². The summed E-state index contributed by atoms with van der Waals surface area (Å²) in [4.78, 5) is 0. The van der Waals surface area contributed by atoms with Gasteiger partial charge in [-0.05, 0) is 50.9 Å². The lowest BCUT2D eigenvalue weighted by Crippen LogP contribution is -2.39. The zero-order valence-electron chi connectivity index (χ0n) is 19.8. The quantitative estimate of drug-likeness (QED) is 0.326. The van der Waals surface area contributed by atoms with Gasteiger partial charge in [0.25, 0.3) is 0 Å². The van der Waals surface area contributed by atoms with E-state index in [0.29, 0.717) is 17.8 Å². The average Bonchev–Trinajstić information content (AvgIpc) is 2.80. The van der Waals surface area contributed by atoms with E-state index in [9.17, 15) is 0 Å². The van der Waals surface area contributed by atoms with E-state index in [-0.39, 0.29) is 12.6 Å². The molecule has 4 nitrogen and oxygen atoms in total. The Bertz CT molecular complexity index is 419. The van der Waals surface area contributed by atoms with Crippen LogP contribution in [0.25, 0.3) is 0 Å². The molecule has 30 heavy (non-hydrogen) atoms. The summed E-state index contributed by atoms with van der Waals surface area (Å²) >= 11 is 0. The van der Waals surface area contributed by atoms with E-state index in [1.165, 1.54) is 77.0 Å². The van der Waals surface area contributed by atoms with Crippen LogP contribution < -0.4 is 0 Å². The van der Waals surface area contributed by atoms with Crippen LogP contribution in [-0.4, -0.2) is 39.0 Å². The largest absolute Gasteiger partial charge is 0.352 e. The van der Waals surface area contributed by atoms with Gasteiger partial charge in [0.1, 0.15) is 0 Å². The van der Waals surface area contributed by atoms with Gasteiger partial charge < -0.3 is 18.9 Å². The lowest BCUT2D eigenvalue weighted by molar-refractivity contribution is -0.236. The molecule has 0 aromatic heterocycles. The topological polar surface area (TPSA) is 36.9 Å². The van der Waals surface area contributed by atoms with E-state index < -0.39 is 0 Å². The Labute approximate surface area is 185 Å². The SMILES string of the molecule is CCCCC[C@H]1CC[C@H]([C@H]2OC[C@H](CC[C@H]3OC[C@H](CCCCC)CO3)CO2)CC1. The maximum absolute atomic E-state index is 6.17. The molecule has 0 atom stereocenters. The summed E-state index contributed by atoms with van der Waals surface area (Å²) in [6, 6.07) is 0. The van der Waals surface area contributed by atoms with Crippen molar-refractivity contribution in [2.45, 2.75) is 116 Å². The summed E-state index contributed by atoms with van der Waals surface area (Å²) in [6.07, 6.45) is 18.1. The standard InChI is InChI=1S/C26H48O4/c1-3-5-7-9-21-11-14-24(15-12-21)26-29-19-23(20-30-26)13-16-25-27-17-22(18-28-25)10-8-6-4-2/h21-26H,3-20H2,1-2H3/t21-,22-,23-,24-,25-,26-. The highest BCUT2D eigenvalue weighted by Gasteiger charge is 2.33. The van der Waals surface area contributed by atoms with Gasteiger partial charge in [-0.15, -0.1) is 0 Å². The van der Waals surface area contributed by atoms with Crippen LogP contribution in [0.2, 0.25) is 0 Å². The van der Waals surface area contributed by atoms with Gasteiger partial charge in [0, 0.05) is 17.8 Å². The molecule has 0 radical (unpaired) electrons. The molecule has 0 unspecified atom stereocenters. The number of hydrogen-bond donors (Lipinski definition) is 0. The Kier molecular flexibility index (Phi) is 11.5. The van der Waals surface area contributed by atoms with Gasteiger partial charge in [0.2, 0.25) is 0 Å². The van der Waals surface area contributed by atoms with Crippen LogP contribution in [0.5, 0.6) is 0 Å². The molecule has 0 N–H and O–H groups in total. The third kappa shape index (κ3) is 8.41. The molecule has 4 heteroatoms. The maximum atomic E-state index is 6.17. The Morgan fingerprint density at radius 3 is 1.67 bits per heavy atom. The normalized spacial score (nSPS) is 35.4. The molecule has 1 saturated carbocycles. The fourth-order valence-corrected chi connectivity index (χ4v) is 5.40. The predicted molar refractivity (Wildman–Crippen MR) is 121 cm³/mol. The van der Waals surface area contributed by atoms with Crippen molar-refractivity contribution < 1.29 is 18.9 Å². The minimum Gasteiger partial charge on any atom is -0.352 e. The molecular weight excluding hydrogens is 376 g/mol. The highest BCUT2D eigenvalue weighted by molar-refractivity contribution is 4.77. The van der Waals surface area contributed by atoms with Crippen molar-refractivity contribution in [2.75, 3.05) is 26.4 Å². The third-order valence-electron chi connectivity index (χ3n) is 7.55. The zero-order valence-corrected chi connectivity index (χ0v) is 19.8. The Morgan fingerprint density at radius 2 is 1.07 bits per heavy atom. The van der Waals surface area contributed by atoms with Gasteiger partial charge in [-0.2, -0.15) is 0 Å². The first kappa shape index (κ1) is 24.5. The van der Waals surface area contributed by atoms with Gasteiger partial charge >= 0.3 is 0 Å². The van der Waals surface area contributed by atoms with E-state index in [2.05, 4.69) is 13.8 Å². The molecule has 0 aromatic rings. The van der Waals surface area contributed by atoms with Crippen molar-refractivity contribution in [2.24, 2.45) is 23.7 Å². The number of hydrogen-bond acceptors (Lipinski definition) is 4. The molecule has 0 amide bonds. The second kappa shape index (κ2) is 14.1. The third-order valence-corrected chi connectivity index (χ3v) is 7.55. The van der Waals surface area contributed by atoms with Crippen LogP contribution in [0, 0.1) is 23.7 Å². The molecule has 2 aliphatic heterocycles. The van der Waals surface area contributed by atoms with Crippen molar-refractivity contribution in [3.8, 4) is 0 Å². The van der Waals surface area contributed by atoms with E-state index >= 15 is 0 Å². The molecule has 2 heterocycles. The van der Waals surface area contributed by atoms with Gasteiger partial charge in [0.15, 0.2) is 12.6 Å². The average molecular weight is 425 g/mol. The van der Waals surface area contributed by atoms with Crippen molar-refractivity contribution in [3.05, 3.63) is 0 Å². The maximum Gasteiger partial charge on any atom is 0.160 e. The summed E-state index contributed by atoms with van der Waals surface area (Å²) in [5.41, 5.74) is 0. The second-order valence-electron chi connectivity index (χ2n) is 10.2. The smallest absolute Gasteiger partial charge is 0.160 e. The van der Waals surface area contributed by atoms with Crippen LogP contribution in [0.3, 0.4) is 0 Å². The number of rotatable bonds is 12. The highest BCUT2D eigenvalue weighted by Crippen LogP contribution is 2.36. The first-order valence-electron chi connectivity index (χ1n) is 13.2. The van der Waals surface area contributed by atoms with Gasteiger partial charge in [0.05, 0.1) is 26.4 Å². The van der Waals surface area contributed by atoms with Crippen LogP contribution in [0.1, 0.15) is 104 Å². The van der Waals surface area contributed by atoms with E-state index in [1.54, 1.807) is 0 Å². The van der Waals surface area contributed by atoms with Crippen LogP contribution >= 0.6 is 0 Å². The predicted octanol–water partition coefficient (Wildman–Crippen LogP) is 6.71. The Morgan fingerprint density at radius 1 is 0.533 bits per heavy atom. The molecule has 176 valence electrons. The Hall–Kier alpha value is -0.160. The summed E-state index contributed by atoms with van der Waals surface area (Å²) in [7, 11) is 0. The molecule has 3 aliphatic rings. The fourth-order valence-electron chi connectivity index (χ4n) is 5.40. The fraction of sp³-hybridized carbons (Fsp3) is 1.00. The number of ether oxygens (including phenoxy) is 4. The van der Waals surface area contributed by atoms with Crippen LogP contribution in [0.4, 0.5) is 0 Å². The summed E-state index contributed by atoms with van der Waals surface area (Å²) in [6.45, 7) is 7.97. The first-order valence-corrected chi connectivity index (χ1v) is 13.2. The van der Waals surface area contributed by atoms with Gasteiger partial charge in [-0.3, -0.25) is 0 Å². The molecule has 0 bridgehead atoms. The molecule has 3 fully saturated rings. The monoisotopic (exact) mass is 424 g/mol. The lowest BCUT2D eigenvalue weighted by atomic mass is 9.79. The molecule has 0 spiro atoms. The highest BCUT2D eigenvalue weighted by atomic mass is 16.7. The van der Waals surface area contributed by atoms with Crippen LogP contribution in [-0.2, 0) is 18.9 Å². The van der Waals surface area contributed by atoms with Crippen molar-refractivity contribution >= 4 is 0 Å². The second-order valence-corrected chi connectivity index (χ2v) is 10.2. The Balaban J connectivity index is 1.23. The van der Waals surface area contributed by atoms with Crippen LogP contribution in [0.15, 0.2) is 0 Å². The van der Waals surface area contributed by atoms with Crippen molar-refractivity contribution in [3.63, 3.8) is 0 Å². The van der Waals surface area contributed by atoms with Gasteiger partial charge in [-0.25, -0.2) is 0 Å². The molecule has 1 aliphatic carbocycles. The molecule has 3 rings (SSSR count). The molecule has 0 aromatic carbocycles. The lowest BCUT2D eigenvalue weighted by Gasteiger charge is -2.38. The zero-order chi connectivity index (χ0) is 21.0. The molecule has 2 saturated heterocycles. The van der Waals surface area contributed by atoms with E-state index in [0.717, 1.165) is 45.2 Å². The van der Waals surface area contributed by atoms with Crippen molar-refractivity contribution in [1.29, 1.82) is 0 Å². The van der Waals surface area contributed by atoms with E-state index in [1.807, 2.05) is 0 Å². The number of unbranched alkanes of at least 4 members (excludes halogenated alkanes) is 4. The molecular formula is C26H48O4. The van der Waals surface area contributed by atoms with Crippen molar-refractivity contribution in [1.82, 2.24) is 0 Å². The van der Waals surface area contributed by atoms with Gasteiger partial charge in [-0.1, -0.05) is 58.8 Å². The minimum atomic E-state index is -0.0202. The first-order chi connectivity index (χ1) is 14.8. The minimum absolute atomic E-state index is 0.0202. The summed E-state index contributed by atoms with van der Waals surface area (Å²) in [5, 5.41) is 0. The summed E-state index contributed by atoms with van der Waals surface area (Å²) in [5.74, 6) is 2.65.